The highest BCUT2D eigenvalue weighted by Gasteiger charge is 1.99. The Morgan fingerprint density at radius 2 is 1.57 bits per heavy atom. The Balaban J connectivity index is 3.19. The summed E-state index contributed by atoms with van der Waals surface area (Å²) in [6.07, 6.45) is 17.5. The molecule has 0 aliphatic carbocycles. The molecule has 21 heavy (non-hydrogen) atoms. The Morgan fingerprint density at radius 3 is 2.19 bits per heavy atom. The number of aliphatic hydroxyl groups is 1. The van der Waals surface area contributed by atoms with Crippen LogP contribution in [-0.4, -0.2) is 22.3 Å². The van der Waals surface area contributed by atoms with Crippen LogP contribution >= 0.6 is 0 Å². The highest BCUT2D eigenvalue weighted by atomic mass is 16.4. The Bertz CT molecular complexity index is 261. The number of unbranched alkanes of at least 4 members (excludes halogenated alkanes) is 8. The van der Waals surface area contributed by atoms with Crippen molar-refractivity contribution in [3.63, 3.8) is 0 Å². The molecule has 0 saturated carbocycles. The van der Waals surface area contributed by atoms with Gasteiger partial charge < -0.3 is 10.2 Å². The van der Waals surface area contributed by atoms with Gasteiger partial charge in [-0.1, -0.05) is 64.0 Å². The first kappa shape index (κ1) is 20.2. The van der Waals surface area contributed by atoms with Crippen molar-refractivity contribution in [2.75, 3.05) is 0 Å². The van der Waals surface area contributed by atoms with E-state index < -0.39 is 5.97 Å². The number of rotatable bonds is 15. The Morgan fingerprint density at radius 1 is 0.952 bits per heavy atom. The monoisotopic (exact) mass is 298 g/mol. The van der Waals surface area contributed by atoms with Crippen LogP contribution in [-0.2, 0) is 4.79 Å². The zero-order valence-electron chi connectivity index (χ0n) is 13.7. The fraction of sp³-hybridized carbons (Fsp3) is 0.833. The quantitative estimate of drug-likeness (QED) is 0.327. The van der Waals surface area contributed by atoms with Crippen molar-refractivity contribution in [2.24, 2.45) is 0 Å². The van der Waals surface area contributed by atoms with Crippen LogP contribution in [0.1, 0.15) is 90.4 Å². The lowest BCUT2D eigenvalue weighted by Gasteiger charge is -2.05. The Labute approximate surface area is 130 Å². The first-order valence-electron chi connectivity index (χ1n) is 8.71. The summed E-state index contributed by atoms with van der Waals surface area (Å²) in [6, 6.07) is 0. The summed E-state index contributed by atoms with van der Waals surface area (Å²) in [5.41, 5.74) is 0. The number of hydrogen-bond donors (Lipinski definition) is 2. The summed E-state index contributed by atoms with van der Waals surface area (Å²) < 4.78 is 0. The molecule has 0 aliphatic heterocycles. The molecule has 0 fully saturated rings. The summed E-state index contributed by atoms with van der Waals surface area (Å²) in [4.78, 5) is 10.3. The van der Waals surface area contributed by atoms with Gasteiger partial charge in [0.2, 0.25) is 0 Å². The summed E-state index contributed by atoms with van der Waals surface area (Å²) in [6.45, 7) is 2.15. The number of aliphatic carboxylic acids is 1. The maximum absolute atomic E-state index is 10.3. The molecule has 1 unspecified atom stereocenters. The van der Waals surface area contributed by atoms with Gasteiger partial charge in [0.05, 0.1) is 6.10 Å². The van der Waals surface area contributed by atoms with E-state index in [1.165, 1.54) is 25.7 Å². The molecule has 0 bridgehead atoms. The number of carboxylic acids is 1. The van der Waals surface area contributed by atoms with Gasteiger partial charge >= 0.3 is 5.97 Å². The fourth-order valence-corrected chi connectivity index (χ4v) is 2.35. The van der Waals surface area contributed by atoms with Crippen LogP contribution in [0.3, 0.4) is 0 Å². The van der Waals surface area contributed by atoms with Crippen molar-refractivity contribution in [2.45, 2.75) is 96.5 Å². The fourth-order valence-electron chi connectivity index (χ4n) is 2.35. The van der Waals surface area contributed by atoms with Crippen molar-refractivity contribution in [3.05, 3.63) is 12.2 Å². The smallest absolute Gasteiger partial charge is 0.303 e. The van der Waals surface area contributed by atoms with Crippen LogP contribution in [0.25, 0.3) is 0 Å². The highest BCUT2D eigenvalue weighted by molar-refractivity contribution is 5.66. The van der Waals surface area contributed by atoms with Crippen molar-refractivity contribution >= 4 is 5.97 Å². The van der Waals surface area contributed by atoms with E-state index in [-0.39, 0.29) is 6.10 Å². The molecule has 0 aliphatic rings. The average Bonchev–Trinajstić information content (AvgIpc) is 2.45. The summed E-state index contributed by atoms with van der Waals surface area (Å²) >= 11 is 0. The van der Waals surface area contributed by atoms with Crippen LogP contribution < -0.4 is 0 Å². The maximum Gasteiger partial charge on any atom is 0.303 e. The molecule has 0 aromatic carbocycles. The van der Waals surface area contributed by atoms with Crippen molar-refractivity contribution in [1.29, 1.82) is 0 Å². The zero-order valence-corrected chi connectivity index (χ0v) is 13.7. The van der Waals surface area contributed by atoms with Crippen molar-refractivity contribution < 1.29 is 15.0 Å². The lowest BCUT2D eigenvalue weighted by Crippen LogP contribution is -2.03. The van der Waals surface area contributed by atoms with Gasteiger partial charge in [-0.15, -0.1) is 0 Å². The minimum Gasteiger partial charge on any atom is -0.481 e. The van der Waals surface area contributed by atoms with E-state index in [0.29, 0.717) is 6.42 Å². The number of carbonyl (C=O) groups is 1. The van der Waals surface area contributed by atoms with E-state index in [9.17, 15) is 9.90 Å². The normalized spacial score (nSPS) is 12.9. The largest absolute Gasteiger partial charge is 0.481 e. The Kier molecular flexibility index (Phi) is 14.9. The van der Waals surface area contributed by atoms with Crippen LogP contribution in [0, 0.1) is 0 Å². The van der Waals surface area contributed by atoms with Gasteiger partial charge in [0.25, 0.3) is 0 Å². The van der Waals surface area contributed by atoms with E-state index in [2.05, 4.69) is 19.1 Å². The third-order valence-electron chi connectivity index (χ3n) is 3.73. The van der Waals surface area contributed by atoms with E-state index in [1.54, 1.807) is 0 Å². The molecule has 2 N–H and O–H groups in total. The SMILES string of the molecule is CCCCC(O)C/C=C/CCCCCCCCCC(=O)O. The molecule has 1 atom stereocenters. The van der Waals surface area contributed by atoms with Gasteiger partial charge in [-0.3, -0.25) is 4.79 Å². The predicted molar refractivity (Wildman–Crippen MR) is 88.5 cm³/mol. The maximum atomic E-state index is 10.3. The molecule has 0 aromatic rings. The summed E-state index contributed by atoms with van der Waals surface area (Å²) in [5.74, 6) is -0.679. The molecule has 3 nitrogen and oxygen atoms in total. The van der Waals surface area contributed by atoms with Gasteiger partial charge in [-0.2, -0.15) is 0 Å². The van der Waals surface area contributed by atoms with Gasteiger partial charge in [-0.05, 0) is 32.1 Å². The van der Waals surface area contributed by atoms with Gasteiger partial charge in [-0.25, -0.2) is 0 Å². The van der Waals surface area contributed by atoms with Crippen LogP contribution in [0.4, 0.5) is 0 Å². The highest BCUT2D eigenvalue weighted by Crippen LogP contribution is 2.10. The molecule has 0 aromatic heterocycles. The molecule has 0 spiro atoms. The van der Waals surface area contributed by atoms with Gasteiger partial charge in [0.15, 0.2) is 0 Å². The van der Waals surface area contributed by atoms with Gasteiger partial charge in [0, 0.05) is 6.42 Å². The van der Waals surface area contributed by atoms with Crippen molar-refractivity contribution in [1.82, 2.24) is 0 Å². The zero-order chi connectivity index (χ0) is 15.8. The third kappa shape index (κ3) is 17.1. The van der Waals surface area contributed by atoms with Crippen LogP contribution in [0.15, 0.2) is 12.2 Å². The molecule has 0 saturated heterocycles. The number of hydrogen-bond acceptors (Lipinski definition) is 2. The second-order valence-corrected chi connectivity index (χ2v) is 5.91. The number of carboxylic acid groups (broad SMARTS) is 1. The summed E-state index contributed by atoms with van der Waals surface area (Å²) in [5, 5.41) is 18.2. The molecule has 0 rings (SSSR count). The first-order chi connectivity index (χ1) is 10.2. The second kappa shape index (κ2) is 15.6. The van der Waals surface area contributed by atoms with E-state index >= 15 is 0 Å². The molecule has 0 heterocycles. The topological polar surface area (TPSA) is 57.5 Å². The van der Waals surface area contributed by atoms with Crippen molar-refractivity contribution in [3.8, 4) is 0 Å². The predicted octanol–water partition coefficient (Wildman–Crippen LogP) is 5.08. The molecule has 0 amide bonds. The van der Waals surface area contributed by atoms with E-state index in [4.69, 9.17) is 5.11 Å². The van der Waals surface area contributed by atoms with Crippen LogP contribution in [0.2, 0.25) is 0 Å². The minimum atomic E-state index is -0.679. The van der Waals surface area contributed by atoms with E-state index in [0.717, 1.165) is 51.4 Å². The standard InChI is InChI=1S/C18H34O3/c1-2-3-14-17(19)15-12-10-8-6-4-5-7-9-11-13-16-18(20)21/h10,12,17,19H,2-9,11,13-16H2,1H3,(H,20,21)/b12-10+. The third-order valence-corrected chi connectivity index (χ3v) is 3.73. The molecule has 124 valence electrons. The van der Waals surface area contributed by atoms with E-state index in [1.807, 2.05) is 0 Å². The summed E-state index contributed by atoms with van der Waals surface area (Å²) in [7, 11) is 0. The molecular weight excluding hydrogens is 264 g/mol. The molecular formula is C18H34O3. The number of aliphatic hydroxyl groups excluding tert-OH is 1. The second-order valence-electron chi connectivity index (χ2n) is 5.91. The first-order valence-corrected chi connectivity index (χ1v) is 8.71. The lowest BCUT2D eigenvalue weighted by molar-refractivity contribution is -0.137. The number of allylic oxidation sites excluding steroid dienone is 1. The molecule has 0 radical (unpaired) electrons. The lowest BCUT2D eigenvalue weighted by atomic mass is 10.1. The van der Waals surface area contributed by atoms with Gasteiger partial charge in [0.1, 0.15) is 0 Å². The molecule has 3 heteroatoms. The Hall–Kier alpha value is -0.830. The average molecular weight is 298 g/mol. The van der Waals surface area contributed by atoms with Crippen LogP contribution in [0.5, 0.6) is 0 Å². The minimum absolute atomic E-state index is 0.160.